The summed E-state index contributed by atoms with van der Waals surface area (Å²) < 4.78 is 0. The fourth-order valence-electron chi connectivity index (χ4n) is 4.36. The maximum absolute atomic E-state index is 13.2. The molecule has 0 N–H and O–H groups in total. The smallest absolute Gasteiger partial charge is 0.247 e. The van der Waals surface area contributed by atoms with E-state index in [1.807, 2.05) is 44.2 Å². The van der Waals surface area contributed by atoms with Gasteiger partial charge in [0.1, 0.15) is 0 Å². The van der Waals surface area contributed by atoms with Gasteiger partial charge in [-0.25, -0.2) is 19.4 Å². The van der Waals surface area contributed by atoms with E-state index in [1.54, 1.807) is 0 Å². The van der Waals surface area contributed by atoms with Gasteiger partial charge in [0.05, 0.1) is 5.92 Å². The first kappa shape index (κ1) is 29.3. The normalized spacial score (nSPS) is 16.5. The zero-order valence-electron chi connectivity index (χ0n) is 23.1. The van der Waals surface area contributed by atoms with E-state index in [9.17, 15) is 9.59 Å². The highest BCUT2D eigenvalue weighted by molar-refractivity contribution is 5.80. The molecule has 6 nitrogen and oxygen atoms in total. The molecular formula is C29H46O6. The summed E-state index contributed by atoms with van der Waals surface area (Å²) in [6.45, 7) is 17.2. The highest BCUT2D eigenvalue weighted by Gasteiger charge is 2.59. The van der Waals surface area contributed by atoms with Crippen molar-refractivity contribution in [2.24, 2.45) is 16.7 Å². The Morgan fingerprint density at radius 1 is 0.800 bits per heavy atom. The molecule has 0 saturated carbocycles. The molecular weight excluding hydrogens is 444 g/mol. The number of benzene rings is 1. The Labute approximate surface area is 211 Å². The molecule has 1 aromatic rings. The fraction of sp³-hybridized carbons (Fsp3) is 0.724. The van der Waals surface area contributed by atoms with Crippen LogP contribution in [-0.4, -0.2) is 17.7 Å². The Bertz CT molecular complexity index is 812. The number of unbranched alkanes of at least 4 members (excludes halogenated alkanes) is 2. The summed E-state index contributed by atoms with van der Waals surface area (Å²) in [5, 5.41) is 0. The molecule has 1 atom stereocenters. The van der Waals surface area contributed by atoms with E-state index >= 15 is 0 Å². The fourth-order valence-corrected chi connectivity index (χ4v) is 4.36. The highest BCUT2D eigenvalue weighted by atomic mass is 17.4. The van der Waals surface area contributed by atoms with E-state index < -0.39 is 29.1 Å². The quantitative estimate of drug-likeness (QED) is 0.131. The largest absolute Gasteiger partial charge is 0.420 e. The molecule has 0 aliphatic carbocycles. The molecule has 0 spiro atoms. The van der Waals surface area contributed by atoms with Crippen LogP contribution in [0.3, 0.4) is 0 Å². The van der Waals surface area contributed by atoms with Crippen molar-refractivity contribution < 1.29 is 29.1 Å². The molecule has 1 fully saturated rings. The van der Waals surface area contributed by atoms with Gasteiger partial charge < -0.3 is 0 Å². The number of hydrogen-bond donors (Lipinski definition) is 0. The van der Waals surface area contributed by atoms with Gasteiger partial charge >= 0.3 is 17.7 Å². The monoisotopic (exact) mass is 490 g/mol. The predicted molar refractivity (Wildman–Crippen MR) is 136 cm³/mol. The van der Waals surface area contributed by atoms with Crippen molar-refractivity contribution >= 4 is 11.9 Å². The molecule has 2 rings (SSSR count). The number of rotatable bonds is 12. The van der Waals surface area contributed by atoms with Crippen molar-refractivity contribution in [1.82, 2.24) is 0 Å². The van der Waals surface area contributed by atoms with Crippen molar-refractivity contribution in [3.63, 3.8) is 0 Å². The molecule has 0 radical (unpaired) electrons. The summed E-state index contributed by atoms with van der Waals surface area (Å²) in [4.78, 5) is 45.8. The summed E-state index contributed by atoms with van der Waals surface area (Å²) in [6, 6.07) is 9.91. The second-order valence-electron chi connectivity index (χ2n) is 12.9. The Morgan fingerprint density at radius 3 is 1.86 bits per heavy atom. The zero-order chi connectivity index (χ0) is 26.3. The first-order chi connectivity index (χ1) is 16.2. The average Bonchev–Trinajstić information content (AvgIpc) is 3.55. The van der Waals surface area contributed by atoms with Crippen LogP contribution in [0.4, 0.5) is 0 Å². The first-order valence-electron chi connectivity index (χ1n) is 13.0. The van der Waals surface area contributed by atoms with Gasteiger partial charge in [-0.2, -0.15) is 9.78 Å². The van der Waals surface area contributed by atoms with Crippen LogP contribution >= 0.6 is 0 Å². The third-order valence-corrected chi connectivity index (χ3v) is 6.82. The van der Waals surface area contributed by atoms with Gasteiger partial charge in [0.25, 0.3) is 0 Å². The topological polar surface area (TPSA) is 77.7 Å². The van der Waals surface area contributed by atoms with E-state index in [0.717, 1.165) is 44.1 Å². The third-order valence-electron chi connectivity index (χ3n) is 6.82. The van der Waals surface area contributed by atoms with Crippen molar-refractivity contribution in [3.05, 3.63) is 35.9 Å². The van der Waals surface area contributed by atoms with Gasteiger partial charge in [-0.15, -0.1) is 0 Å². The summed E-state index contributed by atoms with van der Waals surface area (Å²) >= 11 is 0. The molecule has 0 amide bonds. The summed E-state index contributed by atoms with van der Waals surface area (Å²) in [5.74, 6) is -3.28. The molecule has 1 saturated heterocycles. The lowest BCUT2D eigenvalue weighted by atomic mass is 9.71. The average molecular weight is 491 g/mol. The lowest BCUT2D eigenvalue weighted by Crippen LogP contribution is -2.37. The maximum Gasteiger partial charge on any atom is 0.420 e. The van der Waals surface area contributed by atoms with E-state index in [1.165, 1.54) is 0 Å². The van der Waals surface area contributed by atoms with Gasteiger partial charge in [0, 0.05) is 11.8 Å². The standard InChI is InChI=1S/C29H46O6/c1-26(2,3)19-13-12-18-23(28(7,8)22-16-10-9-11-17-22)24(30)32-33-25(31)29(34-35-29)21-15-14-20-27(4,5)6/h9-11,16-17,23H,12-15,18-21H2,1-8H3. The van der Waals surface area contributed by atoms with Crippen LogP contribution < -0.4 is 0 Å². The van der Waals surface area contributed by atoms with Gasteiger partial charge in [0.2, 0.25) is 0 Å². The lowest BCUT2D eigenvalue weighted by molar-refractivity contribution is -0.268. The molecule has 1 aliphatic heterocycles. The Balaban J connectivity index is 1.98. The molecule has 6 heteroatoms. The molecule has 1 aliphatic rings. The van der Waals surface area contributed by atoms with E-state index in [0.29, 0.717) is 12.8 Å². The predicted octanol–water partition coefficient (Wildman–Crippen LogP) is 7.45. The molecule has 0 aromatic heterocycles. The second-order valence-corrected chi connectivity index (χ2v) is 12.9. The number of carbonyl (C=O) groups is 2. The lowest BCUT2D eigenvalue weighted by Gasteiger charge is -2.33. The maximum atomic E-state index is 13.2. The first-order valence-corrected chi connectivity index (χ1v) is 13.0. The molecule has 1 unspecified atom stereocenters. The summed E-state index contributed by atoms with van der Waals surface area (Å²) in [5.41, 5.74) is 1.01. The van der Waals surface area contributed by atoms with Gasteiger partial charge in [-0.05, 0) is 42.1 Å². The van der Waals surface area contributed by atoms with Crippen LogP contribution in [0.5, 0.6) is 0 Å². The van der Waals surface area contributed by atoms with Gasteiger partial charge in [0.15, 0.2) is 0 Å². The number of carbonyl (C=O) groups excluding carboxylic acids is 2. The van der Waals surface area contributed by atoms with Crippen LogP contribution in [0.1, 0.15) is 112 Å². The van der Waals surface area contributed by atoms with Crippen molar-refractivity contribution in [1.29, 1.82) is 0 Å². The Morgan fingerprint density at radius 2 is 1.34 bits per heavy atom. The SMILES string of the molecule is CC(C)(C)CCCCC(C(=O)OOC(=O)C1(CCCCC(C)(C)C)OO1)C(C)(C)c1ccccc1. The van der Waals surface area contributed by atoms with Crippen LogP contribution in [0.2, 0.25) is 0 Å². The molecule has 0 bridgehead atoms. The number of hydrogen-bond acceptors (Lipinski definition) is 6. The molecule has 1 aromatic carbocycles. The minimum Gasteiger partial charge on any atom is -0.247 e. The van der Waals surface area contributed by atoms with Crippen molar-refractivity contribution in [2.45, 2.75) is 118 Å². The summed E-state index contributed by atoms with van der Waals surface area (Å²) in [6.07, 6.45) is 6.68. The van der Waals surface area contributed by atoms with E-state index in [-0.39, 0.29) is 10.8 Å². The third kappa shape index (κ3) is 9.57. The molecule has 35 heavy (non-hydrogen) atoms. The zero-order valence-corrected chi connectivity index (χ0v) is 23.1. The van der Waals surface area contributed by atoms with Crippen LogP contribution in [0, 0.1) is 16.7 Å². The van der Waals surface area contributed by atoms with Crippen molar-refractivity contribution in [3.8, 4) is 0 Å². The molecule has 198 valence electrons. The van der Waals surface area contributed by atoms with E-state index in [4.69, 9.17) is 19.6 Å². The molecule has 1 heterocycles. The van der Waals surface area contributed by atoms with E-state index in [2.05, 4.69) is 41.5 Å². The van der Waals surface area contributed by atoms with Gasteiger partial charge in [-0.3, -0.25) is 0 Å². The minimum absolute atomic E-state index is 0.224. The minimum atomic E-state index is -1.45. The van der Waals surface area contributed by atoms with Crippen molar-refractivity contribution in [2.75, 3.05) is 0 Å². The van der Waals surface area contributed by atoms with Gasteiger partial charge in [-0.1, -0.05) is 105 Å². The highest BCUT2D eigenvalue weighted by Crippen LogP contribution is 2.39. The van der Waals surface area contributed by atoms with Crippen LogP contribution in [0.15, 0.2) is 30.3 Å². The second kappa shape index (κ2) is 11.9. The van der Waals surface area contributed by atoms with Crippen LogP contribution in [-0.2, 0) is 34.6 Å². The summed E-state index contributed by atoms with van der Waals surface area (Å²) in [7, 11) is 0. The van der Waals surface area contributed by atoms with Crippen LogP contribution in [0.25, 0.3) is 0 Å². The Hall–Kier alpha value is -1.92. The Kier molecular flexibility index (Phi) is 9.95.